The summed E-state index contributed by atoms with van der Waals surface area (Å²) >= 11 is 0. The van der Waals surface area contributed by atoms with Gasteiger partial charge in [-0.05, 0) is 36.4 Å². The molecule has 0 saturated carbocycles. The lowest BCUT2D eigenvalue weighted by Gasteiger charge is -2.06. The van der Waals surface area contributed by atoms with E-state index in [1.807, 2.05) is 0 Å². The van der Waals surface area contributed by atoms with Crippen molar-refractivity contribution in [2.45, 2.75) is 4.90 Å². The minimum Gasteiger partial charge on any atom is -0.463 e. The van der Waals surface area contributed by atoms with Gasteiger partial charge in [-0.3, -0.25) is 9.59 Å². The Labute approximate surface area is 136 Å². The molecule has 1 aromatic heterocycles. The highest BCUT2D eigenvalue weighted by Crippen LogP contribution is 2.15. The Bertz CT molecular complexity index is 1090. The van der Waals surface area contributed by atoms with Crippen LogP contribution in [0.2, 0.25) is 0 Å². The predicted molar refractivity (Wildman–Crippen MR) is 88.3 cm³/mol. The van der Waals surface area contributed by atoms with Crippen molar-refractivity contribution in [3.05, 3.63) is 70.6 Å². The molecule has 2 aromatic carbocycles. The first kappa shape index (κ1) is 15.9. The van der Waals surface area contributed by atoms with Crippen LogP contribution in [0.25, 0.3) is 11.0 Å². The van der Waals surface area contributed by atoms with Gasteiger partial charge in [-0.1, -0.05) is 12.1 Å². The maximum absolute atomic E-state index is 12.3. The van der Waals surface area contributed by atoms with Gasteiger partial charge in [-0.15, -0.1) is 0 Å². The van der Waals surface area contributed by atoms with Crippen molar-refractivity contribution in [1.82, 2.24) is 0 Å². The molecule has 0 aliphatic rings. The molecule has 24 heavy (non-hydrogen) atoms. The second-order valence-corrected chi connectivity index (χ2v) is 6.56. The first-order valence-corrected chi connectivity index (χ1v) is 8.35. The first-order valence-electron chi connectivity index (χ1n) is 6.81. The molecule has 0 aliphatic heterocycles. The summed E-state index contributed by atoms with van der Waals surface area (Å²) in [4.78, 5) is 24.5. The van der Waals surface area contributed by atoms with E-state index in [0.29, 0.717) is 16.7 Å². The number of carbonyl (C=O) groups excluding carboxylic acids is 1. The molecular weight excluding hydrogens is 332 g/mol. The van der Waals surface area contributed by atoms with Crippen LogP contribution < -0.4 is 15.9 Å². The minimum atomic E-state index is -3.81. The Hall–Kier alpha value is -2.97. The average molecular weight is 344 g/mol. The standard InChI is InChI=1S/C16H12N2O5S/c17-24(21,22)11-7-5-10(6-8-11)18-16(20)13-9-23-14-4-2-1-3-12(14)15(13)19/h1-9H,(H,18,20)(H2,17,21,22). The Kier molecular flexibility index (Phi) is 3.92. The van der Waals surface area contributed by atoms with Crippen LogP contribution in [0.15, 0.2) is 68.9 Å². The van der Waals surface area contributed by atoms with Gasteiger partial charge < -0.3 is 9.73 Å². The Morgan fingerprint density at radius 1 is 1.04 bits per heavy atom. The third-order valence-electron chi connectivity index (χ3n) is 3.37. The van der Waals surface area contributed by atoms with Crippen LogP contribution in [0, 0.1) is 0 Å². The molecular formula is C16H12N2O5S. The summed E-state index contributed by atoms with van der Waals surface area (Å²) < 4.78 is 27.7. The van der Waals surface area contributed by atoms with E-state index in [4.69, 9.17) is 9.56 Å². The Balaban J connectivity index is 1.90. The molecule has 1 amide bonds. The number of para-hydroxylation sites is 1. The van der Waals surface area contributed by atoms with Crippen LogP contribution in [-0.4, -0.2) is 14.3 Å². The van der Waals surface area contributed by atoms with E-state index in [0.717, 1.165) is 6.26 Å². The third-order valence-corrected chi connectivity index (χ3v) is 4.29. The SMILES string of the molecule is NS(=O)(=O)c1ccc(NC(=O)c2coc3ccccc3c2=O)cc1. The maximum Gasteiger partial charge on any atom is 0.262 e. The van der Waals surface area contributed by atoms with Gasteiger partial charge in [-0.25, -0.2) is 13.6 Å². The summed E-state index contributed by atoms with van der Waals surface area (Å²) in [6.45, 7) is 0. The van der Waals surface area contributed by atoms with Gasteiger partial charge in [0.05, 0.1) is 10.3 Å². The lowest BCUT2D eigenvalue weighted by Crippen LogP contribution is -2.21. The molecule has 0 atom stereocenters. The Morgan fingerprint density at radius 3 is 2.38 bits per heavy atom. The van der Waals surface area contributed by atoms with Crippen molar-refractivity contribution in [2.75, 3.05) is 5.32 Å². The molecule has 0 aliphatic carbocycles. The lowest BCUT2D eigenvalue weighted by molar-refractivity contribution is 0.102. The second-order valence-electron chi connectivity index (χ2n) is 5.00. The van der Waals surface area contributed by atoms with E-state index in [-0.39, 0.29) is 10.5 Å². The number of hydrogen-bond acceptors (Lipinski definition) is 5. The van der Waals surface area contributed by atoms with E-state index in [1.54, 1.807) is 24.3 Å². The van der Waals surface area contributed by atoms with Gasteiger partial charge >= 0.3 is 0 Å². The average Bonchev–Trinajstić information content (AvgIpc) is 2.55. The monoisotopic (exact) mass is 344 g/mol. The van der Waals surface area contributed by atoms with E-state index >= 15 is 0 Å². The lowest BCUT2D eigenvalue weighted by atomic mass is 10.1. The molecule has 1 heterocycles. The number of primary sulfonamides is 1. The normalized spacial score (nSPS) is 11.4. The number of fused-ring (bicyclic) bond motifs is 1. The molecule has 0 spiro atoms. The summed E-state index contributed by atoms with van der Waals surface area (Å²) in [7, 11) is -3.81. The summed E-state index contributed by atoms with van der Waals surface area (Å²) in [5.41, 5.74) is 0.108. The molecule has 0 unspecified atom stereocenters. The van der Waals surface area contributed by atoms with Gasteiger partial charge in [0.15, 0.2) is 0 Å². The molecule has 0 bridgehead atoms. The number of nitrogens with one attached hydrogen (secondary N) is 1. The number of amides is 1. The molecule has 0 fully saturated rings. The van der Waals surface area contributed by atoms with E-state index in [1.165, 1.54) is 24.3 Å². The number of carbonyl (C=O) groups is 1. The number of hydrogen-bond donors (Lipinski definition) is 2. The van der Waals surface area contributed by atoms with Gasteiger partial charge in [-0.2, -0.15) is 0 Å². The fraction of sp³-hybridized carbons (Fsp3) is 0. The van der Waals surface area contributed by atoms with Gasteiger partial charge in [0, 0.05) is 5.69 Å². The van der Waals surface area contributed by atoms with Crippen molar-refractivity contribution in [2.24, 2.45) is 5.14 Å². The molecule has 8 heteroatoms. The number of sulfonamides is 1. The molecule has 0 radical (unpaired) electrons. The zero-order valence-corrected chi connectivity index (χ0v) is 13.0. The molecule has 3 rings (SSSR count). The largest absolute Gasteiger partial charge is 0.463 e. The van der Waals surface area contributed by atoms with Crippen molar-refractivity contribution in [3.8, 4) is 0 Å². The highest BCUT2D eigenvalue weighted by Gasteiger charge is 2.15. The molecule has 3 aromatic rings. The van der Waals surface area contributed by atoms with Gasteiger partial charge in [0.25, 0.3) is 5.91 Å². The van der Waals surface area contributed by atoms with Crippen LogP contribution >= 0.6 is 0 Å². The molecule has 7 nitrogen and oxygen atoms in total. The first-order chi connectivity index (χ1) is 11.4. The zero-order chi connectivity index (χ0) is 17.3. The zero-order valence-electron chi connectivity index (χ0n) is 12.2. The Morgan fingerprint density at radius 2 is 1.71 bits per heavy atom. The fourth-order valence-corrected chi connectivity index (χ4v) is 2.68. The highest BCUT2D eigenvalue weighted by atomic mass is 32.2. The summed E-state index contributed by atoms with van der Waals surface area (Å²) in [5.74, 6) is -0.655. The number of anilines is 1. The quantitative estimate of drug-likeness (QED) is 0.749. The smallest absolute Gasteiger partial charge is 0.262 e. The second kappa shape index (κ2) is 5.91. The van der Waals surface area contributed by atoms with Crippen LogP contribution in [0.1, 0.15) is 10.4 Å². The molecule has 0 saturated heterocycles. The van der Waals surface area contributed by atoms with E-state index in [9.17, 15) is 18.0 Å². The predicted octanol–water partition coefficient (Wildman–Crippen LogP) is 1.69. The fourth-order valence-electron chi connectivity index (χ4n) is 2.16. The van der Waals surface area contributed by atoms with Gasteiger partial charge in [0.2, 0.25) is 15.5 Å². The summed E-state index contributed by atoms with van der Waals surface area (Å²) in [6.07, 6.45) is 1.10. The topological polar surface area (TPSA) is 119 Å². The van der Waals surface area contributed by atoms with Crippen LogP contribution in [0.4, 0.5) is 5.69 Å². The van der Waals surface area contributed by atoms with Crippen LogP contribution in [-0.2, 0) is 10.0 Å². The van der Waals surface area contributed by atoms with Crippen LogP contribution in [0.3, 0.4) is 0 Å². The van der Waals surface area contributed by atoms with Gasteiger partial charge in [0.1, 0.15) is 17.4 Å². The number of rotatable bonds is 3. The van der Waals surface area contributed by atoms with E-state index < -0.39 is 21.4 Å². The van der Waals surface area contributed by atoms with Crippen molar-refractivity contribution < 1.29 is 17.6 Å². The van der Waals surface area contributed by atoms with E-state index in [2.05, 4.69) is 5.32 Å². The third kappa shape index (κ3) is 3.05. The van der Waals surface area contributed by atoms with Crippen LogP contribution in [0.5, 0.6) is 0 Å². The van der Waals surface area contributed by atoms with Crippen molar-refractivity contribution >= 4 is 32.6 Å². The highest BCUT2D eigenvalue weighted by molar-refractivity contribution is 7.89. The minimum absolute atomic E-state index is 0.0780. The maximum atomic E-state index is 12.3. The molecule has 3 N–H and O–H groups in total. The summed E-state index contributed by atoms with van der Waals surface area (Å²) in [6, 6.07) is 11.9. The van der Waals surface area contributed by atoms with Crippen molar-refractivity contribution in [3.63, 3.8) is 0 Å². The van der Waals surface area contributed by atoms with Crippen molar-refractivity contribution in [1.29, 1.82) is 0 Å². The number of benzene rings is 2. The molecule has 122 valence electrons. The summed E-state index contributed by atoms with van der Waals surface area (Å²) in [5, 5.41) is 7.81. The number of nitrogens with two attached hydrogens (primary N) is 1.